The number of rotatable bonds is 3. The molecule has 0 saturated heterocycles. The summed E-state index contributed by atoms with van der Waals surface area (Å²) in [6.45, 7) is 4.46. The summed E-state index contributed by atoms with van der Waals surface area (Å²) in [6, 6.07) is 1.43. The second-order valence-corrected chi connectivity index (χ2v) is 3.87. The van der Waals surface area contributed by atoms with Crippen LogP contribution in [0.4, 0.5) is 0 Å². The van der Waals surface area contributed by atoms with Gasteiger partial charge in [-0.2, -0.15) is 0 Å². The Bertz CT molecular complexity index is 429. The topological polar surface area (TPSA) is 92.2 Å². The van der Waals surface area contributed by atoms with Crippen LogP contribution in [0.2, 0.25) is 0 Å². The summed E-state index contributed by atoms with van der Waals surface area (Å²) in [5.74, 6) is -1.18. The van der Waals surface area contributed by atoms with Crippen LogP contribution in [0, 0.1) is 6.92 Å². The number of nitrogens with zero attached hydrogens (tertiary/aromatic N) is 2. The zero-order valence-corrected chi connectivity index (χ0v) is 9.31. The van der Waals surface area contributed by atoms with Gasteiger partial charge >= 0.3 is 5.97 Å². The Balaban J connectivity index is 2.85. The summed E-state index contributed by atoms with van der Waals surface area (Å²) in [4.78, 5) is 30.2. The standard InChI is InChI=1S/C10H13N3O3/c1-6-11-5-4-7(12-6)8(14)13-10(2,3)9(15)16/h4-5H,1-3H3,(H,13,14)(H,15,16). The van der Waals surface area contributed by atoms with Crippen molar-refractivity contribution in [1.82, 2.24) is 15.3 Å². The van der Waals surface area contributed by atoms with Gasteiger partial charge in [0.1, 0.15) is 17.1 Å². The first kappa shape index (κ1) is 12.1. The van der Waals surface area contributed by atoms with E-state index in [2.05, 4.69) is 15.3 Å². The average molecular weight is 223 g/mol. The van der Waals surface area contributed by atoms with Crippen molar-refractivity contribution in [2.45, 2.75) is 26.3 Å². The number of carbonyl (C=O) groups excluding carboxylic acids is 1. The van der Waals surface area contributed by atoms with Crippen molar-refractivity contribution >= 4 is 11.9 Å². The molecule has 1 amide bonds. The largest absolute Gasteiger partial charge is 0.480 e. The zero-order chi connectivity index (χ0) is 12.3. The SMILES string of the molecule is Cc1nccc(C(=O)NC(C)(C)C(=O)O)n1. The van der Waals surface area contributed by atoms with E-state index < -0.39 is 17.4 Å². The number of aliphatic carboxylic acids is 1. The summed E-state index contributed by atoms with van der Waals surface area (Å²) in [5, 5.41) is 11.2. The first-order valence-corrected chi connectivity index (χ1v) is 4.68. The van der Waals surface area contributed by atoms with Crippen LogP contribution in [-0.4, -0.2) is 32.5 Å². The quantitative estimate of drug-likeness (QED) is 0.772. The molecule has 16 heavy (non-hydrogen) atoms. The van der Waals surface area contributed by atoms with E-state index in [4.69, 9.17) is 5.11 Å². The van der Waals surface area contributed by atoms with E-state index in [-0.39, 0.29) is 5.69 Å². The van der Waals surface area contributed by atoms with E-state index in [0.29, 0.717) is 5.82 Å². The fourth-order valence-corrected chi connectivity index (χ4v) is 0.984. The molecule has 0 saturated carbocycles. The Morgan fingerprint density at radius 2 is 2.06 bits per heavy atom. The minimum absolute atomic E-state index is 0.154. The highest BCUT2D eigenvalue weighted by molar-refractivity contribution is 5.96. The Labute approximate surface area is 92.7 Å². The Hall–Kier alpha value is -1.98. The van der Waals surface area contributed by atoms with E-state index in [1.165, 1.54) is 26.1 Å². The summed E-state index contributed by atoms with van der Waals surface area (Å²) in [5.41, 5.74) is -1.17. The third-order valence-electron chi connectivity index (χ3n) is 1.97. The molecule has 0 aliphatic rings. The number of aryl methyl sites for hydroxylation is 1. The van der Waals surface area contributed by atoms with Crippen molar-refractivity contribution in [1.29, 1.82) is 0 Å². The van der Waals surface area contributed by atoms with Crippen molar-refractivity contribution < 1.29 is 14.7 Å². The number of aromatic nitrogens is 2. The van der Waals surface area contributed by atoms with Crippen LogP contribution >= 0.6 is 0 Å². The minimum Gasteiger partial charge on any atom is -0.480 e. The lowest BCUT2D eigenvalue weighted by Gasteiger charge is -2.20. The predicted molar refractivity (Wildman–Crippen MR) is 56.0 cm³/mol. The van der Waals surface area contributed by atoms with Gasteiger partial charge in [0.2, 0.25) is 0 Å². The maximum absolute atomic E-state index is 11.7. The fourth-order valence-electron chi connectivity index (χ4n) is 0.984. The van der Waals surface area contributed by atoms with Gasteiger partial charge in [-0.25, -0.2) is 14.8 Å². The van der Waals surface area contributed by atoms with E-state index in [0.717, 1.165) is 0 Å². The molecule has 1 heterocycles. The molecule has 0 unspecified atom stereocenters. The highest BCUT2D eigenvalue weighted by Crippen LogP contribution is 2.04. The maximum atomic E-state index is 11.7. The smallest absolute Gasteiger partial charge is 0.328 e. The van der Waals surface area contributed by atoms with Crippen molar-refractivity contribution in [3.05, 3.63) is 23.8 Å². The molecule has 0 bridgehead atoms. The van der Waals surface area contributed by atoms with Crippen LogP contribution in [0.1, 0.15) is 30.2 Å². The first-order chi connectivity index (χ1) is 7.33. The Kier molecular flexibility index (Phi) is 3.22. The average Bonchev–Trinajstić information content (AvgIpc) is 2.16. The predicted octanol–water partition coefficient (Wildman–Crippen LogP) is 0.378. The van der Waals surface area contributed by atoms with Crippen LogP contribution < -0.4 is 5.32 Å². The van der Waals surface area contributed by atoms with Crippen molar-refractivity contribution in [2.24, 2.45) is 0 Å². The second-order valence-electron chi connectivity index (χ2n) is 3.87. The molecule has 0 aliphatic heterocycles. The van der Waals surface area contributed by atoms with Crippen LogP contribution in [0.25, 0.3) is 0 Å². The second kappa shape index (κ2) is 4.26. The Morgan fingerprint density at radius 3 is 2.56 bits per heavy atom. The monoisotopic (exact) mass is 223 g/mol. The molecular weight excluding hydrogens is 210 g/mol. The first-order valence-electron chi connectivity index (χ1n) is 4.68. The summed E-state index contributed by atoms with van der Waals surface area (Å²) in [7, 11) is 0. The van der Waals surface area contributed by atoms with E-state index in [1.807, 2.05) is 0 Å². The van der Waals surface area contributed by atoms with E-state index in [9.17, 15) is 9.59 Å². The summed E-state index contributed by atoms with van der Waals surface area (Å²) < 4.78 is 0. The van der Waals surface area contributed by atoms with Crippen molar-refractivity contribution in [3.8, 4) is 0 Å². The van der Waals surface area contributed by atoms with Crippen LogP contribution in [0.5, 0.6) is 0 Å². The normalized spacial score (nSPS) is 10.9. The van der Waals surface area contributed by atoms with Gasteiger partial charge in [0.15, 0.2) is 0 Å². The van der Waals surface area contributed by atoms with Gasteiger partial charge in [-0.3, -0.25) is 4.79 Å². The molecule has 6 heteroatoms. The molecule has 1 rings (SSSR count). The molecule has 2 N–H and O–H groups in total. The molecule has 6 nitrogen and oxygen atoms in total. The van der Waals surface area contributed by atoms with E-state index >= 15 is 0 Å². The van der Waals surface area contributed by atoms with Gasteiger partial charge in [0.05, 0.1) is 0 Å². The van der Waals surface area contributed by atoms with Gasteiger partial charge in [-0.05, 0) is 26.8 Å². The molecule has 0 fully saturated rings. The summed E-state index contributed by atoms with van der Waals surface area (Å²) >= 11 is 0. The van der Waals surface area contributed by atoms with Gasteiger partial charge in [0, 0.05) is 6.20 Å². The number of carboxylic acids is 1. The lowest BCUT2D eigenvalue weighted by molar-refractivity contribution is -0.143. The molecule has 0 aromatic carbocycles. The third-order valence-corrected chi connectivity index (χ3v) is 1.97. The lowest BCUT2D eigenvalue weighted by atomic mass is 10.1. The Morgan fingerprint density at radius 1 is 1.44 bits per heavy atom. The maximum Gasteiger partial charge on any atom is 0.328 e. The number of hydrogen-bond acceptors (Lipinski definition) is 4. The number of nitrogens with one attached hydrogen (secondary N) is 1. The molecular formula is C10H13N3O3. The third kappa shape index (κ3) is 2.75. The fraction of sp³-hybridized carbons (Fsp3) is 0.400. The van der Waals surface area contributed by atoms with Gasteiger partial charge in [0.25, 0.3) is 5.91 Å². The van der Waals surface area contributed by atoms with Gasteiger partial charge in [-0.1, -0.05) is 0 Å². The van der Waals surface area contributed by atoms with Crippen molar-refractivity contribution in [2.75, 3.05) is 0 Å². The molecule has 1 aromatic rings. The lowest BCUT2D eigenvalue weighted by Crippen LogP contribution is -2.49. The minimum atomic E-state index is -1.32. The molecule has 0 spiro atoms. The van der Waals surface area contributed by atoms with Crippen LogP contribution in [-0.2, 0) is 4.79 Å². The van der Waals surface area contributed by atoms with Gasteiger partial charge < -0.3 is 10.4 Å². The highest BCUT2D eigenvalue weighted by atomic mass is 16.4. The van der Waals surface area contributed by atoms with E-state index in [1.54, 1.807) is 6.92 Å². The molecule has 0 aliphatic carbocycles. The van der Waals surface area contributed by atoms with Crippen molar-refractivity contribution in [3.63, 3.8) is 0 Å². The summed E-state index contributed by atoms with van der Waals surface area (Å²) in [6.07, 6.45) is 1.45. The highest BCUT2D eigenvalue weighted by Gasteiger charge is 2.29. The van der Waals surface area contributed by atoms with Crippen LogP contribution in [0.15, 0.2) is 12.3 Å². The number of carboxylic acid groups (broad SMARTS) is 1. The molecule has 86 valence electrons. The molecule has 0 atom stereocenters. The molecule has 1 aromatic heterocycles. The number of carbonyl (C=O) groups is 2. The van der Waals surface area contributed by atoms with Crippen LogP contribution in [0.3, 0.4) is 0 Å². The van der Waals surface area contributed by atoms with Gasteiger partial charge in [-0.15, -0.1) is 0 Å². The molecule has 0 radical (unpaired) electrons. The number of hydrogen-bond donors (Lipinski definition) is 2. The zero-order valence-electron chi connectivity index (χ0n) is 9.31. The number of amides is 1.